The second kappa shape index (κ2) is 5.05. The van der Waals surface area contributed by atoms with Crippen LogP contribution < -0.4 is 5.73 Å². The molecule has 1 fully saturated rings. The average Bonchev–Trinajstić information content (AvgIpc) is 2.55. The van der Waals surface area contributed by atoms with Gasteiger partial charge in [0.1, 0.15) is 0 Å². The first-order chi connectivity index (χ1) is 7.29. The van der Waals surface area contributed by atoms with E-state index in [2.05, 4.69) is 39.5 Å². The summed E-state index contributed by atoms with van der Waals surface area (Å²) in [4.78, 5) is 2.64. The Hall–Kier alpha value is -0.0800. The zero-order valence-corrected chi connectivity index (χ0v) is 11.8. The molecule has 2 heteroatoms. The molecule has 1 atom stereocenters. The van der Waals surface area contributed by atoms with Crippen molar-refractivity contribution in [2.24, 2.45) is 16.6 Å². The third-order valence-electron chi connectivity index (χ3n) is 4.05. The van der Waals surface area contributed by atoms with E-state index in [1.807, 2.05) is 0 Å². The van der Waals surface area contributed by atoms with Gasteiger partial charge in [-0.1, -0.05) is 34.6 Å². The molecule has 0 aromatic heterocycles. The number of hydrogen-bond acceptors (Lipinski definition) is 2. The first kappa shape index (κ1) is 14.0. The molecule has 0 bridgehead atoms. The molecule has 0 heterocycles. The van der Waals surface area contributed by atoms with E-state index in [-0.39, 0.29) is 5.41 Å². The van der Waals surface area contributed by atoms with Crippen LogP contribution in [0.15, 0.2) is 0 Å². The molecule has 0 radical (unpaired) electrons. The van der Waals surface area contributed by atoms with Crippen molar-refractivity contribution in [3.05, 3.63) is 0 Å². The number of hydrogen-bond donors (Lipinski definition) is 1. The van der Waals surface area contributed by atoms with Gasteiger partial charge >= 0.3 is 0 Å². The quantitative estimate of drug-likeness (QED) is 0.781. The van der Waals surface area contributed by atoms with E-state index in [0.717, 1.165) is 25.7 Å². The van der Waals surface area contributed by atoms with E-state index >= 15 is 0 Å². The normalized spacial score (nSPS) is 25.3. The largest absolute Gasteiger partial charge is 0.330 e. The van der Waals surface area contributed by atoms with Crippen LogP contribution in [0.1, 0.15) is 53.9 Å². The van der Waals surface area contributed by atoms with Gasteiger partial charge in [0.05, 0.1) is 0 Å². The van der Waals surface area contributed by atoms with Crippen molar-refractivity contribution in [2.45, 2.75) is 59.9 Å². The molecular weight excluding hydrogens is 196 g/mol. The molecule has 0 aliphatic heterocycles. The van der Waals surface area contributed by atoms with Crippen molar-refractivity contribution in [3.8, 4) is 0 Å². The Morgan fingerprint density at radius 2 is 2.00 bits per heavy atom. The van der Waals surface area contributed by atoms with Crippen molar-refractivity contribution in [1.82, 2.24) is 4.90 Å². The predicted molar refractivity (Wildman–Crippen MR) is 71.5 cm³/mol. The fourth-order valence-corrected chi connectivity index (χ4v) is 2.82. The maximum absolute atomic E-state index is 5.83. The zero-order chi connectivity index (χ0) is 12.4. The molecule has 1 aliphatic rings. The summed E-state index contributed by atoms with van der Waals surface area (Å²) in [5.41, 5.74) is 6.63. The van der Waals surface area contributed by atoms with E-state index in [1.54, 1.807) is 0 Å². The molecule has 2 nitrogen and oxygen atoms in total. The van der Waals surface area contributed by atoms with Gasteiger partial charge in [0.25, 0.3) is 0 Å². The SMILES string of the molecule is CCN(CC(C)(C)CN)C1CCC(C)(C)C1. The summed E-state index contributed by atoms with van der Waals surface area (Å²) in [6.45, 7) is 14.7. The Morgan fingerprint density at radius 1 is 1.38 bits per heavy atom. The van der Waals surface area contributed by atoms with E-state index in [9.17, 15) is 0 Å². The smallest absolute Gasteiger partial charge is 0.0101 e. The summed E-state index contributed by atoms with van der Waals surface area (Å²) in [5, 5.41) is 0. The summed E-state index contributed by atoms with van der Waals surface area (Å²) in [5.74, 6) is 0. The van der Waals surface area contributed by atoms with Crippen LogP contribution in [0, 0.1) is 10.8 Å². The fourth-order valence-electron chi connectivity index (χ4n) is 2.82. The molecule has 0 aromatic rings. The van der Waals surface area contributed by atoms with Crippen LogP contribution in [-0.2, 0) is 0 Å². The van der Waals surface area contributed by atoms with Crippen LogP contribution in [0.4, 0.5) is 0 Å². The minimum Gasteiger partial charge on any atom is -0.330 e. The maximum Gasteiger partial charge on any atom is 0.0101 e. The van der Waals surface area contributed by atoms with Gasteiger partial charge in [-0.05, 0) is 43.2 Å². The standard InChI is InChI=1S/C14H30N2/c1-6-16(11-14(4,5)10-15)12-7-8-13(2,3)9-12/h12H,6-11,15H2,1-5H3. The summed E-state index contributed by atoms with van der Waals surface area (Å²) < 4.78 is 0. The molecule has 1 saturated carbocycles. The van der Waals surface area contributed by atoms with Crippen LogP contribution in [0.3, 0.4) is 0 Å². The van der Waals surface area contributed by atoms with Gasteiger partial charge in [0.15, 0.2) is 0 Å². The fraction of sp³-hybridized carbons (Fsp3) is 1.00. The van der Waals surface area contributed by atoms with E-state index in [0.29, 0.717) is 5.41 Å². The van der Waals surface area contributed by atoms with Gasteiger partial charge < -0.3 is 10.6 Å². The molecule has 0 spiro atoms. The summed E-state index contributed by atoms with van der Waals surface area (Å²) >= 11 is 0. The van der Waals surface area contributed by atoms with Crippen LogP contribution in [0.2, 0.25) is 0 Å². The average molecular weight is 226 g/mol. The van der Waals surface area contributed by atoms with Gasteiger partial charge in [-0.15, -0.1) is 0 Å². The molecular formula is C14H30N2. The molecule has 96 valence electrons. The van der Waals surface area contributed by atoms with Gasteiger partial charge in [-0.3, -0.25) is 0 Å². The minimum absolute atomic E-state index is 0.253. The second-order valence-corrected chi connectivity index (χ2v) is 6.99. The molecule has 1 aliphatic carbocycles. The lowest BCUT2D eigenvalue weighted by molar-refractivity contribution is 0.134. The highest BCUT2D eigenvalue weighted by atomic mass is 15.2. The van der Waals surface area contributed by atoms with Crippen molar-refractivity contribution in [1.29, 1.82) is 0 Å². The van der Waals surface area contributed by atoms with Gasteiger partial charge in [-0.2, -0.15) is 0 Å². The van der Waals surface area contributed by atoms with Gasteiger partial charge in [0.2, 0.25) is 0 Å². The zero-order valence-electron chi connectivity index (χ0n) is 11.8. The van der Waals surface area contributed by atoms with Crippen molar-refractivity contribution >= 4 is 0 Å². The highest BCUT2D eigenvalue weighted by molar-refractivity contribution is 4.89. The van der Waals surface area contributed by atoms with Crippen molar-refractivity contribution in [2.75, 3.05) is 19.6 Å². The minimum atomic E-state index is 0.253. The van der Waals surface area contributed by atoms with Crippen LogP contribution in [0.25, 0.3) is 0 Å². The Kier molecular flexibility index (Phi) is 4.42. The molecule has 0 saturated heterocycles. The molecule has 0 aromatic carbocycles. The number of nitrogens with two attached hydrogens (primary N) is 1. The summed E-state index contributed by atoms with van der Waals surface area (Å²) in [6.07, 6.45) is 4.08. The van der Waals surface area contributed by atoms with Gasteiger partial charge in [0, 0.05) is 12.6 Å². The van der Waals surface area contributed by atoms with Crippen LogP contribution in [-0.4, -0.2) is 30.6 Å². The Bertz CT molecular complexity index is 221. The third kappa shape index (κ3) is 3.74. The highest BCUT2D eigenvalue weighted by Gasteiger charge is 2.35. The molecule has 2 N–H and O–H groups in total. The van der Waals surface area contributed by atoms with Crippen LogP contribution >= 0.6 is 0 Å². The van der Waals surface area contributed by atoms with E-state index < -0.39 is 0 Å². The van der Waals surface area contributed by atoms with E-state index in [4.69, 9.17) is 5.73 Å². The predicted octanol–water partition coefficient (Wildman–Crippen LogP) is 2.87. The van der Waals surface area contributed by atoms with Crippen molar-refractivity contribution < 1.29 is 0 Å². The lowest BCUT2D eigenvalue weighted by Crippen LogP contribution is -2.43. The third-order valence-corrected chi connectivity index (χ3v) is 4.05. The maximum atomic E-state index is 5.83. The first-order valence-electron chi connectivity index (χ1n) is 6.74. The topological polar surface area (TPSA) is 29.3 Å². The molecule has 1 unspecified atom stereocenters. The second-order valence-electron chi connectivity index (χ2n) is 6.99. The molecule has 16 heavy (non-hydrogen) atoms. The monoisotopic (exact) mass is 226 g/mol. The number of rotatable bonds is 5. The number of nitrogens with zero attached hydrogens (tertiary/aromatic N) is 1. The van der Waals surface area contributed by atoms with Crippen LogP contribution in [0.5, 0.6) is 0 Å². The summed E-state index contributed by atoms with van der Waals surface area (Å²) in [7, 11) is 0. The first-order valence-corrected chi connectivity index (χ1v) is 6.74. The Balaban J connectivity index is 2.56. The van der Waals surface area contributed by atoms with E-state index in [1.165, 1.54) is 19.3 Å². The lowest BCUT2D eigenvalue weighted by atomic mass is 9.90. The molecule has 0 amide bonds. The van der Waals surface area contributed by atoms with Crippen molar-refractivity contribution in [3.63, 3.8) is 0 Å². The highest BCUT2D eigenvalue weighted by Crippen LogP contribution is 2.39. The molecule has 1 rings (SSSR count). The Labute approximate surface area is 102 Å². The lowest BCUT2D eigenvalue weighted by Gasteiger charge is -2.35. The van der Waals surface area contributed by atoms with Gasteiger partial charge in [-0.25, -0.2) is 0 Å². The summed E-state index contributed by atoms with van der Waals surface area (Å²) in [6, 6.07) is 0.783. The Morgan fingerprint density at radius 3 is 2.38 bits per heavy atom.